The van der Waals surface area contributed by atoms with Gasteiger partial charge in [0, 0.05) is 24.4 Å². The van der Waals surface area contributed by atoms with Gasteiger partial charge in [-0.3, -0.25) is 4.79 Å². The molecule has 2 rings (SSSR count). The number of carbonyl (C=O) groups is 1. The topological polar surface area (TPSA) is 64.2 Å². The van der Waals surface area contributed by atoms with Gasteiger partial charge < -0.3 is 20.1 Å². The Hall–Kier alpha value is -2.37. The van der Waals surface area contributed by atoms with Gasteiger partial charge in [-0.05, 0) is 19.1 Å². The Morgan fingerprint density at radius 1 is 1.12 bits per heavy atom. The molecule has 1 amide bonds. The summed E-state index contributed by atoms with van der Waals surface area (Å²) in [6.07, 6.45) is 0. The molecule has 24 heavy (non-hydrogen) atoms. The Labute approximate surface area is 143 Å². The molecule has 0 spiro atoms. The van der Waals surface area contributed by atoms with Crippen molar-refractivity contribution in [1.82, 2.24) is 0 Å². The standard InChI is InChI=1S/C19H24N2O3/c1-14(13-23-2)20-18(15-8-5-4-6-9-15)19(22)21-16-10-7-11-17(12-16)24-3/h4-12,14,18,20H,13H2,1-3H3,(H,21,22)/p+1/t14-,18+/m0/s1. The highest BCUT2D eigenvalue weighted by Gasteiger charge is 2.26. The Balaban J connectivity index is 2.17. The summed E-state index contributed by atoms with van der Waals surface area (Å²) < 4.78 is 10.4. The van der Waals surface area contributed by atoms with Gasteiger partial charge in [0.05, 0.1) is 13.7 Å². The largest absolute Gasteiger partial charge is 0.497 e. The number of benzene rings is 2. The van der Waals surface area contributed by atoms with Gasteiger partial charge in [0.15, 0.2) is 6.04 Å². The van der Waals surface area contributed by atoms with Crippen molar-refractivity contribution in [3.63, 3.8) is 0 Å². The number of carbonyl (C=O) groups excluding carboxylic acids is 1. The number of methoxy groups -OCH3 is 2. The predicted octanol–water partition coefficient (Wildman–Crippen LogP) is 1.97. The summed E-state index contributed by atoms with van der Waals surface area (Å²) in [5.74, 6) is 0.637. The number of anilines is 1. The van der Waals surface area contributed by atoms with Crippen LogP contribution >= 0.6 is 0 Å². The molecule has 0 unspecified atom stereocenters. The van der Waals surface area contributed by atoms with Crippen LogP contribution < -0.4 is 15.4 Å². The Bertz CT molecular complexity index is 646. The zero-order valence-corrected chi connectivity index (χ0v) is 14.4. The lowest BCUT2D eigenvalue weighted by Gasteiger charge is -2.20. The van der Waals surface area contributed by atoms with Crippen molar-refractivity contribution in [2.75, 3.05) is 26.1 Å². The molecule has 3 N–H and O–H groups in total. The van der Waals surface area contributed by atoms with Gasteiger partial charge in [-0.2, -0.15) is 0 Å². The zero-order valence-electron chi connectivity index (χ0n) is 14.4. The van der Waals surface area contributed by atoms with Crippen molar-refractivity contribution in [3.8, 4) is 5.75 Å². The van der Waals surface area contributed by atoms with Crippen LogP contribution in [0.15, 0.2) is 54.6 Å². The summed E-state index contributed by atoms with van der Waals surface area (Å²) in [7, 11) is 3.27. The molecule has 0 aliphatic heterocycles. The van der Waals surface area contributed by atoms with Crippen LogP contribution in [-0.2, 0) is 9.53 Å². The van der Waals surface area contributed by atoms with Gasteiger partial charge in [0.25, 0.3) is 5.91 Å². The normalized spacial score (nSPS) is 13.1. The fourth-order valence-corrected chi connectivity index (χ4v) is 2.58. The molecule has 2 aromatic carbocycles. The summed E-state index contributed by atoms with van der Waals surface area (Å²) in [4.78, 5) is 12.8. The quantitative estimate of drug-likeness (QED) is 0.778. The molecule has 5 heteroatoms. The molecule has 0 radical (unpaired) electrons. The highest BCUT2D eigenvalue weighted by molar-refractivity contribution is 5.94. The number of hydrogen-bond acceptors (Lipinski definition) is 3. The van der Waals surface area contributed by atoms with Crippen LogP contribution in [-0.4, -0.2) is 32.8 Å². The Morgan fingerprint density at radius 3 is 2.54 bits per heavy atom. The molecule has 0 heterocycles. The first-order chi connectivity index (χ1) is 11.6. The van der Waals surface area contributed by atoms with Gasteiger partial charge in [0.1, 0.15) is 11.8 Å². The average Bonchev–Trinajstić information content (AvgIpc) is 2.60. The van der Waals surface area contributed by atoms with E-state index in [1.54, 1.807) is 20.3 Å². The molecule has 128 valence electrons. The number of hydrogen-bond donors (Lipinski definition) is 2. The summed E-state index contributed by atoms with van der Waals surface area (Å²) in [5.41, 5.74) is 1.67. The van der Waals surface area contributed by atoms with E-state index in [1.807, 2.05) is 60.8 Å². The van der Waals surface area contributed by atoms with E-state index in [1.165, 1.54) is 0 Å². The van der Waals surface area contributed by atoms with Crippen LogP contribution in [0.5, 0.6) is 5.75 Å². The maximum absolute atomic E-state index is 12.8. The van der Waals surface area contributed by atoms with Gasteiger partial charge in [-0.1, -0.05) is 36.4 Å². The second kappa shape index (κ2) is 9.05. The average molecular weight is 329 g/mol. The lowest BCUT2D eigenvalue weighted by atomic mass is 10.0. The third-order valence-electron chi connectivity index (χ3n) is 3.73. The number of rotatable bonds is 8. The second-order valence-corrected chi connectivity index (χ2v) is 5.73. The number of amides is 1. The van der Waals surface area contributed by atoms with Crippen molar-refractivity contribution in [1.29, 1.82) is 0 Å². The lowest BCUT2D eigenvalue weighted by Crippen LogP contribution is -2.92. The molecule has 0 saturated carbocycles. The van der Waals surface area contributed by atoms with Gasteiger partial charge in [0.2, 0.25) is 0 Å². The fraction of sp³-hybridized carbons (Fsp3) is 0.316. The van der Waals surface area contributed by atoms with Crippen molar-refractivity contribution in [2.24, 2.45) is 0 Å². The van der Waals surface area contributed by atoms with Crippen LogP contribution in [0.3, 0.4) is 0 Å². The first-order valence-electron chi connectivity index (χ1n) is 7.98. The molecule has 2 aromatic rings. The maximum Gasteiger partial charge on any atom is 0.287 e. The highest BCUT2D eigenvalue weighted by Crippen LogP contribution is 2.18. The zero-order chi connectivity index (χ0) is 17.4. The Morgan fingerprint density at radius 2 is 1.88 bits per heavy atom. The van der Waals surface area contributed by atoms with E-state index in [-0.39, 0.29) is 18.0 Å². The maximum atomic E-state index is 12.8. The molecule has 0 bridgehead atoms. The lowest BCUT2D eigenvalue weighted by molar-refractivity contribution is -0.713. The minimum absolute atomic E-state index is 0.0718. The molecule has 0 aromatic heterocycles. The third kappa shape index (κ3) is 5.08. The minimum atomic E-state index is -0.345. The van der Waals surface area contributed by atoms with E-state index in [9.17, 15) is 4.79 Å². The first-order valence-corrected chi connectivity index (χ1v) is 7.98. The van der Waals surface area contributed by atoms with E-state index >= 15 is 0 Å². The van der Waals surface area contributed by atoms with Crippen molar-refractivity contribution >= 4 is 11.6 Å². The van der Waals surface area contributed by atoms with E-state index in [0.29, 0.717) is 18.0 Å². The number of nitrogens with one attached hydrogen (secondary N) is 1. The van der Waals surface area contributed by atoms with Crippen LogP contribution in [0.1, 0.15) is 18.5 Å². The van der Waals surface area contributed by atoms with Crippen LogP contribution in [0.2, 0.25) is 0 Å². The predicted molar refractivity (Wildman–Crippen MR) is 94.1 cm³/mol. The summed E-state index contributed by atoms with van der Waals surface area (Å²) in [6, 6.07) is 16.9. The molecule has 5 nitrogen and oxygen atoms in total. The van der Waals surface area contributed by atoms with Gasteiger partial charge in [-0.25, -0.2) is 0 Å². The molecule has 0 fully saturated rings. The monoisotopic (exact) mass is 329 g/mol. The Kier molecular flexibility index (Phi) is 6.78. The molecule has 0 aliphatic carbocycles. The molecule has 0 saturated heterocycles. The van der Waals surface area contributed by atoms with Gasteiger partial charge in [-0.15, -0.1) is 0 Å². The summed E-state index contributed by atoms with van der Waals surface area (Å²) in [6.45, 7) is 2.62. The van der Waals surface area contributed by atoms with Gasteiger partial charge >= 0.3 is 0 Å². The van der Waals surface area contributed by atoms with E-state index < -0.39 is 0 Å². The number of quaternary nitrogens is 1. The fourth-order valence-electron chi connectivity index (χ4n) is 2.58. The molecular weight excluding hydrogens is 304 g/mol. The van der Waals surface area contributed by atoms with E-state index in [0.717, 1.165) is 5.56 Å². The van der Waals surface area contributed by atoms with E-state index in [2.05, 4.69) is 5.32 Å². The van der Waals surface area contributed by atoms with E-state index in [4.69, 9.17) is 9.47 Å². The molecule has 2 atom stereocenters. The summed E-state index contributed by atoms with van der Waals surface area (Å²) in [5, 5.41) is 4.99. The molecular formula is C19H25N2O3+. The van der Waals surface area contributed by atoms with Crippen LogP contribution in [0.25, 0.3) is 0 Å². The smallest absolute Gasteiger partial charge is 0.287 e. The SMILES string of the molecule is COC[C@H](C)[NH2+][C@@H](C(=O)Nc1cccc(OC)c1)c1ccccc1. The molecule has 0 aliphatic rings. The second-order valence-electron chi connectivity index (χ2n) is 5.73. The highest BCUT2D eigenvalue weighted by atomic mass is 16.5. The summed E-state index contributed by atoms with van der Waals surface area (Å²) >= 11 is 0. The first kappa shape index (κ1) is 18.0. The number of nitrogens with two attached hydrogens (primary N) is 1. The van der Waals surface area contributed by atoms with Crippen molar-refractivity contribution in [2.45, 2.75) is 19.0 Å². The van der Waals surface area contributed by atoms with Crippen molar-refractivity contribution in [3.05, 3.63) is 60.2 Å². The minimum Gasteiger partial charge on any atom is -0.497 e. The van der Waals surface area contributed by atoms with Crippen molar-refractivity contribution < 1.29 is 19.6 Å². The van der Waals surface area contributed by atoms with Crippen LogP contribution in [0, 0.1) is 0 Å². The third-order valence-corrected chi connectivity index (χ3v) is 3.73. The number of ether oxygens (including phenoxy) is 2. The van der Waals surface area contributed by atoms with Crippen LogP contribution in [0.4, 0.5) is 5.69 Å².